The van der Waals surface area contributed by atoms with Gasteiger partial charge in [0.25, 0.3) is 5.91 Å². The third-order valence-electron chi connectivity index (χ3n) is 4.04. The molecule has 5 heteroatoms. The second-order valence-corrected chi connectivity index (χ2v) is 5.66. The molecule has 5 nitrogen and oxygen atoms in total. The van der Waals surface area contributed by atoms with Crippen molar-refractivity contribution in [1.29, 1.82) is 0 Å². The minimum absolute atomic E-state index is 0.0365. The maximum Gasteiger partial charge on any atom is 0.254 e. The van der Waals surface area contributed by atoms with Crippen molar-refractivity contribution < 1.29 is 9.90 Å². The highest BCUT2D eigenvalue weighted by molar-refractivity contribution is 5.95. The van der Waals surface area contributed by atoms with Crippen LogP contribution in [0.25, 0.3) is 0 Å². The Balaban J connectivity index is 2.17. The molecule has 0 bridgehead atoms. The summed E-state index contributed by atoms with van der Waals surface area (Å²) < 4.78 is 0. The molecule has 1 aromatic heterocycles. The summed E-state index contributed by atoms with van der Waals surface area (Å²) in [4.78, 5) is 18.9. The quantitative estimate of drug-likeness (QED) is 0.870. The number of carbonyl (C=O) groups is 1. The summed E-state index contributed by atoms with van der Waals surface area (Å²) >= 11 is 0. The van der Waals surface area contributed by atoms with E-state index in [2.05, 4.69) is 10.3 Å². The number of aliphatic hydroxyl groups excluding tert-OH is 1. The zero-order valence-corrected chi connectivity index (χ0v) is 13.1. The second-order valence-electron chi connectivity index (χ2n) is 5.66. The van der Waals surface area contributed by atoms with Crippen LogP contribution < -0.4 is 5.32 Å². The number of aliphatic hydroxyl groups is 1. The molecule has 2 N–H and O–H groups in total. The molecule has 1 aliphatic heterocycles. The second kappa shape index (κ2) is 6.89. The van der Waals surface area contributed by atoms with Gasteiger partial charge in [0.05, 0.1) is 6.10 Å². The first kappa shape index (κ1) is 15.8. The molecule has 1 aromatic rings. The van der Waals surface area contributed by atoms with Crippen LogP contribution in [0.15, 0.2) is 12.1 Å². The average molecular weight is 291 g/mol. The van der Waals surface area contributed by atoms with Crippen LogP contribution in [0.5, 0.6) is 0 Å². The highest BCUT2D eigenvalue weighted by Crippen LogP contribution is 2.22. The molecule has 0 aliphatic carbocycles. The van der Waals surface area contributed by atoms with Crippen LogP contribution >= 0.6 is 0 Å². The summed E-state index contributed by atoms with van der Waals surface area (Å²) in [5.41, 5.74) is 1.60. The van der Waals surface area contributed by atoms with Crippen LogP contribution in [0, 0.1) is 5.92 Å². The van der Waals surface area contributed by atoms with Crippen LogP contribution in [0.1, 0.15) is 43.2 Å². The van der Waals surface area contributed by atoms with E-state index in [0.29, 0.717) is 18.7 Å². The number of nitrogens with one attached hydrogen (secondary N) is 1. The number of pyridine rings is 1. The lowest BCUT2D eigenvalue weighted by atomic mass is 10.0. The van der Waals surface area contributed by atoms with Crippen molar-refractivity contribution in [2.24, 2.45) is 5.92 Å². The summed E-state index contributed by atoms with van der Waals surface area (Å²) in [6, 6.07) is 3.69. The summed E-state index contributed by atoms with van der Waals surface area (Å²) in [6.07, 6.45) is 1.31. The Morgan fingerprint density at radius 1 is 1.52 bits per heavy atom. The molecular weight excluding hydrogens is 266 g/mol. The Kier molecular flexibility index (Phi) is 5.17. The Morgan fingerprint density at radius 2 is 2.29 bits per heavy atom. The first-order chi connectivity index (χ1) is 10.0. The first-order valence-electron chi connectivity index (χ1n) is 7.77. The zero-order chi connectivity index (χ0) is 15.4. The number of likely N-dealkylation sites (tertiary alicyclic amines) is 1. The SMILES string of the molecule is CCNc1cc(C(=O)N2CCC(C(C)O)C2)cc(CC)n1. The molecule has 2 rings (SSSR count). The van der Waals surface area contributed by atoms with Gasteiger partial charge in [0.2, 0.25) is 0 Å². The largest absolute Gasteiger partial charge is 0.393 e. The summed E-state index contributed by atoms with van der Waals surface area (Å²) in [7, 11) is 0. The van der Waals surface area contributed by atoms with Crippen molar-refractivity contribution in [3.05, 3.63) is 23.4 Å². The third-order valence-corrected chi connectivity index (χ3v) is 4.04. The molecule has 1 saturated heterocycles. The predicted molar refractivity (Wildman–Crippen MR) is 83.5 cm³/mol. The number of amides is 1. The number of nitrogens with zero attached hydrogens (tertiary/aromatic N) is 2. The molecule has 2 heterocycles. The number of rotatable bonds is 5. The van der Waals surface area contributed by atoms with Gasteiger partial charge < -0.3 is 15.3 Å². The molecule has 21 heavy (non-hydrogen) atoms. The Hall–Kier alpha value is -1.62. The molecule has 2 atom stereocenters. The topological polar surface area (TPSA) is 65.5 Å². The van der Waals surface area contributed by atoms with E-state index in [4.69, 9.17) is 0 Å². The maximum atomic E-state index is 12.6. The molecule has 0 radical (unpaired) electrons. The lowest BCUT2D eigenvalue weighted by Gasteiger charge is -2.18. The van der Waals surface area contributed by atoms with Crippen molar-refractivity contribution >= 4 is 11.7 Å². The Bertz CT molecular complexity index is 502. The number of anilines is 1. The molecule has 2 unspecified atom stereocenters. The van der Waals surface area contributed by atoms with Gasteiger partial charge in [0, 0.05) is 36.8 Å². The molecule has 1 amide bonds. The smallest absolute Gasteiger partial charge is 0.254 e. The minimum Gasteiger partial charge on any atom is -0.393 e. The van der Waals surface area contributed by atoms with Crippen LogP contribution in [-0.2, 0) is 6.42 Å². The molecule has 0 saturated carbocycles. The predicted octanol–water partition coefficient (Wildman–Crippen LogP) is 1.92. The number of carbonyl (C=O) groups excluding carboxylic acids is 1. The molecule has 1 aliphatic rings. The lowest BCUT2D eigenvalue weighted by molar-refractivity contribution is 0.0762. The maximum absolute atomic E-state index is 12.6. The Morgan fingerprint density at radius 3 is 2.86 bits per heavy atom. The Labute approximate surface area is 126 Å². The highest BCUT2D eigenvalue weighted by Gasteiger charge is 2.29. The third kappa shape index (κ3) is 3.73. The van der Waals surface area contributed by atoms with Crippen molar-refractivity contribution in [3.8, 4) is 0 Å². The van der Waals surface area contributed by atoms with Gasteiger partial charge in [-0.15, -0.1) is 0 Å². The summed E-state index contributed by atoms with van der Waals surface area (Å²) in [6.45, 7) is 7.97. The van der Waals surface area contributed by atoms with Gasteiger partial charge in [-0.2, -0.15) is 0 Å². The van der Waals surface area contributed by atoms with Crippen LogP contribution in [0.2, 0.25) is 0 Å². The van der Waals surface area contributed by atoms with Crippen LogP contribution in [0.4, 0.5) is 5.82 Å². The zero-order valence-electron chi connectivity index (χ0n) is 13.1. The molecule has 116 valence electrons. The van der Waals surface area contributed by atoms with E-state index < -0.39 is 0 Å². The fourth-order valence-electron chi connectivity index (χ4n) is 2.71. The van der Waals surface area contributed by atoms with Crippen LogP contribution in [-0.4, -0.2) is 46.6 Å². The van der Waals surface area contributed by atoms with Crippen molar-refractivity contribution in [2.45, 2.75) is 39.7 Å². The van der Waals surface area contributed by atoms with E-state index in [-0.39, 0.29) is 17.9 Å². The van der Waals surface area contributed by atoms with Crippen LogP contribution in [0.3, 0.4) is 0 Å². The van der Waals surface area contributed by atoms with E-state index in [9.17, 15) is 9.90 Å². The van der Waals surface area contributed by atoms with Crippen molar-refractivity contribution in [2.75, 3.05) is 25.0 Å². The van der Waals surface area contributed by atoms with Gasteiger partial charge in [-0.25, -0.2) is 4.98 Å². The monoisotopic (exact) mass is 291 g/mol. The van der Waals surface area contributed by atoms with Gasteiger partial charge in [-0.1, -0.05) is 6.92 Å². The summed E-state index contributed by atoms with van der Waals surface area (Å²) in [5.74, 6) is 0.982. The molecule has 1 fully saturated rings. The molecule has 0 aromatic carbocycles. The van der Waals surface area contributed by atoms with Crippen molar-refractivity contribution in [3.63, 3.8) is 0 Å². The average Bonchev–Trinajstić information content (AvgIpc) is 2.96. The minimum atomic E-state index is -0.358. The highest BCUT2D eigenvalue weighted by atomic mass is 16.3. The fourth-order valence-corrected chi connectivity index (χ4v) is 2.71. The van der Waals surface area contributed by atoms with E-state index in [1.54, 1.807) is 6.92 Å². The lowest BCUT2D eigenvalue weighted by Crippen LogP contribution is -2.30. The summed E-state index contributed by atoms with van der Waals surface area (Å²) in [5, 5.41) is 12.8. The normalized spacial score (nSPS) is 19.6. The van der Waals surface area contributed by atoms with Gasteiger partial charge >= 0.3 is 0 Å². The van der Waals surface area contributed by atoms with E-state index in [1.807, 2.05) is 30.9 Å². The van der Waals surface area contributed by atoms with E-state index in [1.165, 1.54) is 0 Å². The fraction of sp³-hybridized carbons (Fsp3) is 0.625. The number of hydrogen-bond donors (Lipinski definition) is 2. The number of hydrogen-bond acceptors (Lipinski definition) is 4. The number of aryl methyl sites for hydroxylation is 1. The van der Waals surface area contributed by atoms with Gasteiger partial charge in [0.15, 0.2) is 0 Å². The first-order valence-corrected chi connectivity index (χ1v) is 7.77. The van der Waals surface area contributed by atoms with E-state index >= 15 is 0 Å². The van der Waals surface area contributed by atoms with Crippen molar-refractivity contribution in [1.82, 2.24) is 9.88 Å². The molecular formula is C16H25N3O2. The van der Waals surface area contributed by atoms with Gasteiger partial charge in [-0.05, 0) is 38.8 Å². The standard InChI is InChI=1S/C16H25N3O2/c1-4-14-8-13(9-15(18-14)17-5-2)16(21)19-7-6-12(10-19)11(3)20/h8-9,11-12,20H,4-7,10H2,1-3H3,(H,17,18). The van der Waals surface area contributed by atoms with Gasteiger partial charge in [-0.3, -0.25) is 4.79 Å². The van der Waals surface area contributed by atoms with E-state index in [0.717, 1.165) is 30.9 Å². The molecule has 0 spiro atoms. The van der Waals surface area contributed by atoms with Gasteiger partial charge in [0.1, 0.15) is 5.82 Å². The number of aromatic nitrogens is 1.